The van der Waals surface area contributed by atoms with E-state index in [1.54, 1.807) is 10.6 Å². The first kappa shape index (κ1) is 26.9. The Morgan fingerprint density at radius 3 is 2.25 bits per heavy atom. The number of hydrogen-bond donors (Lipinski definition) is 2. The topological polar surface area (TPSA) is 140 Å². The number of oxime groups is 1. The number of piperidine rings is 2. The van der Waals surface area contributed by atoms with Gasteiger partial charge >= 0.3 is 5.97 Å². The zero-order valence-corrected chi connectivity index (χ0v) is 22.9. The quantitative estimate of drug-likeness (QED) is 0.397. The van der Waals surface area contributed by atoms with Crippen molar-refractivity contribution in [1.29, 1.82) is 0 Å². The van der Waals surface area contributed by atoms with E-state index in [2.05, 4.69) is 15.0 Å². The molecule has 10 nitrogen and oxygen atoms in total. The monoisotopic (exact) mass is 549 g/mol. The lowest BCUT2D eigenvalue weighted by atomic mass is 9.73. The Hall–Kier alpha value is -3.27. The molecule has 3 heterocycles. The summed E-state index contributed by atoms with van der Waals surface area (Å²) in [5, 5.41) is 13.5. The number of amides is 1. The van der Waals surface area contributed by atoms with Crippen molar-refractivity contribution < 1.29 is 19.5 Å². The van der Waals surface area contributed by atoms with Crippen LogP contribution in [0.25, 0.3) is 11.0 Å². The molecular weight excluding hydrogens is 510 g/mol. The molecule has 0 spiro atoms. The van der Waals surface area contributed by atoms with E-state index in [1.807, 2.05) is 18.2 Å². The van der Waals surface area contributed by atoms with Gasteiger partial charge in [-0.2, -0.15) is 0 Å². The van der Waals surface area contributed by atoms with Crippen LogP contribution in [0.2, 0.25) is 0 Å². The molecule has 2 aromatic rings. The van der Waals surface area contributed by atoms with Gasteiger partial charge in [0.2, 0.25) is 5.71 Å². The van der Waals surface area contributed by atoms with E-state index < -0.39 is 29.8 Å². The molecule has 214 valence electrons. The van der Waals surface area contributed by atoms with E-state index in [-0.39, 0.29) is 11.7 Å². The number of benzene rings is 1. The van der Waals surface area contributed by atoms with Gasteiger partial charge in [-0.3, -0.25) is 14.5 Å². The van der Waals surface area contributed by atoms with Gasteiger partial charge in [0.1, 0.15) is 0 Å². The Morgan fingerprint density at radius 2 is 1.60 bits per heavy atom. The average molecular weight is 550 g/mol. The number of primary amides is 1. The Balaban J connectivity index is 1.35. The van der Waals surface area contributed by atoms with Gasteiger partial charge in [0.05, 0.1) is 11.0 Å². The van der Waals surface area contributed by atoms with Crippen molar-refractivity contribution in [2.24, 2.45) is 22.7 Å². The Bertz CT molecular complexity index is 1340. The number of fused-ring (bicyclic) bond motifs is 5. The Morgan fingerprint density at radius 1 is 0.925 bits per heavy atom. The van der Waals surface area contributed by atoms with Gasteiger partial charge in [-0.05, 0) is 68.9 Å². The largest absolute Gasteiger partial charge is 0.476 e. The Labute approximate surface area is 233 Å². The molecule has 4 fully saturated rings. The highest BCUT2D eigenvalue weighted by atomic mass is 16.6. The van der Waals surface area contributed by atoms with Crippen molar-refractivity contribution in [1.82, 2.24) is 14.5 Å². The first-order valence-electron chi connectivity index (χ1n) is 14.9. The second-order valence-corrected chi connectivity index (χ2v) is 12.3. The van der Waals surface area contributed by atoms with Crippen molar-refractivity contribution in [2.45, 2.75) is 101 Å². The molecule has 2 aliphatic heterocycles. The lowest BCUT2D eigenvalue weighted by Gasteiger charge is -2.54. The van der Waals surface area contributed by atoms with Crippen LogP contribution in [-0.4, -0.2) is 61.9 Å². The fraction of sp³-hybridized carbons (Fsp3) is 0.633. The number of carboxylic acid groups (broad SMARTS) is 1. The average Bonchev–Trinajstić information content (AvgIpc) is 3.09. The summed E-state index contributed by atoms with van der Waals surface area (Å²) >= 11 is 0. The molecule has 4 aliphatic rings. The van der Waals surface area contributed by atoms with E-state index in [1.165, 1.54) is 51.4 Å². The van der Waals surface area contributed by atoms with Gasteiger partial charge in [-0.25, -0.2) is 9.78 Å². The van der Waals surface area contributed by atoms with Gasteiger partial charge in [0, 0.05) is 24.2 Å². The van der Waals surface area contributed by atoms with Crippen LogP contribution in [0.1, 0.15) is 88.8 Å². The molecule has 1 aromatic heterocycles. The van der Waals surface area contributed by atoms with Gasteiger partial charge in [-0.1, -0.05) is 49.4 Å². The minimum Gasteiger partial charge on any atom is -0.476 e. The van der Waals surface area contributed by atoms with Crippen molar-refractivity contribution in [2.75, 3.05) is 6.61 Å². The summed E-state index contributed by atoms with van der Waals surface area (Å²) in [5.74, 6) is -0.552. The highest BCUT2D eigenvalue weighted by molar-refractivity contribution is 6.41. The molecule has 2 saturated heterocycles. The third kappa shape index (κ3) is 5.25. The molecule has 6 atom stereocenters. The predicted molar refractivity (Wildman–Crippen MR) is 150 cm³/mol. The number of nitrogens with zero attached hydrogens (tertiary/aromatic N) is 4. The highest BCUT2D eigenvalue weighted by Crippen LogP contribution is 2.47. The van der Waals surface area contributed by atoms with Crippen molar-refractivity contribution in [3.05, 3.63) is 40.3 Å². The highest BCUT2D eigenvalue weighted by Gasteiger charge is 2.45. The van der Waals surface area contributed by atoms with E-state index in [4.69, 9.17) is 10.6 Å². The summed E-state index contributed by atoms with van der Waals surface area (Å²) in [4.78, 5) is 49.3. The van der Waals surface area contributed by atoms with Crippen LogP contribution in [0.15, 0.2) is 34.2 Å². The molecule has 1 amide bonds. The number of rotatable bonds is 7. The predicted octanol–water partition coefficient (Wildman–Crippen LogP) is 3.60. The number of nitrogens with two attached hydrogens (primary N) is 1. The van der Waals surface area contributed by atoms with Crippen molar-refractivity contribution in [3.8, 4) is 0 Å². The standard InChI is InChI=1S/C30H39N5O5/c31-26(36)17-40-33-28(30(38)39)27-29(37)35(25-11-4-3-10-24(25)32-27)23-15-20-8-5-9-21(16-23)34(20)22-13-18-6-1-2-7-19(12-18)14-22/h3-4,10-11,18-23H,1-2,5-9,12-17H2,(H2,31,36)(H,38,39)/b33-28-/t18-,19+,20-,21+,22-,23+. The third-order valence-electron chi connectivity index (χ3n) is 9.73. The molecule has 1 aromatic carbocycles. The minimum absolute atomic E-state index is 0.0712. The maximum atomic E-state index is 14.0. The number of hydrogen-bond acceptors (Lipinski definition) is 7. The molecule has 10 heteroatoms. The van der Waals surface area contributed by atoms with E-state index in [9.17, 15) is 19.5 Å². The second kappa shape index (κ2) is 11.3. The van der Waals surface area contributed by atoms with Crippen LogP contribution in [0.5, 0.6) is 0 Å². The lowest BCUT2D eigenvalue weighted by molar-refractivity contribution is -0.130. The zero-order chi connectivity index (χ0) is 27.8. The van der Waals surface area contributed by atoms with Crippen LogP contribution in [-0.2, 0) is 14.4 Å². The molecule has 0 unspecified atom stereocenters. The van der Waals surface area contributed by atoms with Gasteiger partial charge in [0.25, 0.3) is 11.5 Å². The summed E-state index contributed by atoms with van der Waals surface area (Å²) in [6.45, 7) is -0.594. The summed E-state index contributed by atoms with van der Waals surface area (Å²) in [6.07, 6.45) is 14.7. The van der Waals surface area contributed by atoms with Crippen LogP contribution in [0.3, 0.4) is 0 Å². The molecule has 2 aliphatic carbocycles. The molecule has 2 saturated carbocycles. The SMILES string of the molecule is NC(=O)CO/N=C(\C(=O)O)c1nc2ccccc2n([C@H]2C[C@H]3CCC[C@@H](C2)N3[C@@H]2C[C@@H]3CCCC[C@@H](C3)C2)c1=O. The van der Waals surface area contributed by atoms with Crippen LogP contribution >= 0.6 is 0 Å². The Kier molecular flexibility index (Phi) is 7.61. The fourth-order valence-electron chi connectivity index (χ4n) is 8.32. The molecule has 3 N–H and O–H groups in total. The summed E-state index contributed by atoms with van der Waals surface area (Å²) in [6, 6.07) is 8.73. The van der Waals surface area contributed by atoms with E-state index in [0.717, 1.165) is 37.5 Å². The number of para-hydroxylation sites is 2. The maximum absolute atomic E-state index is 14.0. The van der Waals surface area contributed by atoms with E-state index >= 15 is 0 Å². The van der Waals surface area contributed by atoms with Crippen LogP contribution < -0.4 is 11.3 Å². The number of aromatic nitrogens is 2. The second-order valence-electron chi connectivity index (χ2n) is 12.3. The van der Waals surface area contributed by atoms with E-state index in [0.29, 0.717) is 29.2 Å². The van der Waals surface area contributed by atoms with Crippen LogP contribution in [0.4, 0.5) is 0 Å². The molecule has 6 rings (SSSR count). The van der Waals surface area contributed by atoms with Gasteiger partial charge < -0.3 is 20.2 Å². The molecule has 4 bridgehead atoms. The number of carbonyl (C=O) groups is 2. The maximum Gasteiger partial charge on any atom is 0.360 e. The van der Waals surface area contributed by atoms with Crippen molar-refractivity contribution in [3.63, 3.8) is 0 Å². The number of carbonyl (C=O) groups excluding carboxylic acids is 1. The lowest BCUT2D eigenvalue weighted by Crippen LogP contribution is -2.58. The molecule has 40 heavy (non-hydrogen) atoms. The normalized spacial score (nSPS) is 30.9. The van der Waals surface area contributed by atoms with Gasteiger partial charge in [0.15, 0.2) is 12.3 Å². The fourth-order valence-corrected chi connectivity index (χ4v) is 8.32. The summed E-state index contributed by atoms with van der Waals surface area (Å²) < 4.78 is 1.76. The van der Waals surface area contributed by atoms with Crippen molar-refractivity contribution >= 4 is 28.6 Å². The molecule has 0 radical (unpaired) electrons. The first-order chi connectivity index (χ1) is 19.4. The minimum atomic E-state index is -1.46. The third-order valence-corrected chi connectivity index (χ3v) is 9.73. The first-order valence-corrected chi connectivity index (χ1v) is 14.9. The number of aliphatic carboxylic acids is 1. The zero-order valence-electron chi connectivity index (χ0n) is 22.9. The molecular formula is C30H39N5O5. The number of carboxylic acids is 1. The summed E-state index contributed by atoms with van der Waals surface area (Å²) in [5.41, 5.74) is 4.89. The van der Waals surface area contributed by atoms with Crippen LogP contribution in [0, 0.1) is 11.8 Å². The smallest absolute Gasteiger partial charge is 0.360 e. The van der Waals surface area contributed by atoms with Gasteiger partial charge in [-0.15, -0.1) is 0 Å². The summed E-state index contributed by atoms with van der Waals surface area (Å²) in [7, 11) is 0.